The molecule has 6 nitrogen and oxygen atoms in total. The van der Waals surface area contributed by atoms with E-state index in [4.69, 9.17) is 20.2 Å². The Bertz CT molecular complexity index is 610. The number of carbonyl (C=O) groups is 1. The molecule has 0 saturated carbocycles. The Hall–Kier alpha value is -1.31. The highest BCUT2D eigenvalue weighted by atomic mass is 35.7. The van der Waals surface area contributed by atoms with Crippen molar-refractivity contribution in [2.24, 2.45) is 0 Å². The zero-order valence-electron chi connectivity index (χ0n) is 10.8. The fourth-order valence-corrected chi connectivity index (χ4v) is 2.72. The first kappa shape index (κ1) is 15.1. The Kier molecular flexibility index (Phi) is 4.52. The standard InChI is InChI=1S/C12H14ClNO5S/c1-18-11-3-2-9(20(13,16)17)8-10(11)12(15)14-4-6-19-7-5-14/h2-3,8H,4-7H2,1H3. The van der Waals surface area contributed by atoms with Crippen molar-refractivity contribution in [2.45, 2.75) is 4.90 Å². The van der Waals surface area contributed by atoms with E-state index in [9.17, 15) is 13.2 Å². The summed E-state index contributed by atoms with van der Waals surface area (Å²) < 4.78 is 33.0. The largest absolute Gasteiger partial charge is 0.496 e. The lowest BCUT2D eigenvalue weighted by Gasteiger charge is -2.27. The average Bonchev–Trinajstić information content (AvgIpc) is 2.45. The zero-order chi connectivity index (χ0) is 14.8. The molecule has 8 heteroatoms. The molecule has 0 unspecified atom stereocenters. The van der Waals surface area contributed by atoms with Crippen LogP contribution in [0.3, 0.4) is 0 Å². The van der Waals surface area contributed by atoms with Crippen LogP contribution in [0.4, 0.5) is 0 Å². The maximum Gasteiger partial charge on any atom is 0.261 e. The molecule has 0 spiro atoms. The molecular formula is C12H14ClNO5S. The van der Waals surface area contributed by atoms with Crippen LogP contribution in [-0.2, 0) is 13.8 Å². The van der Waals surface area contributed by atoms with Gasteiger partial charge in [0, 0.05) is 23.8 Å². The van der Waals surface area contributed by atoms with E-state index in [1.165, 1.54) is 25.3 Å². The summed E-state index contributed by atoms with van der Waals surface area (Å²) in [7, 11) is 2.83. The summed E-state index contributed by atoms with van der Waals surface area (Å²) in [4.78, 5) is 13.9. The molecule has 0 aromatic heterocycles. The third-order valence-corrected chi connectivity index (χ3v) is 4.33. The molecule has 1 aliphatic rings. The average molecular weight is 320 g/mol. The quantitative estimate of drug-likeness (QED) is 0.780. The Balaban J connectivity index is 2.39. The van der Waals surface area contributed by atoms with Gasteiger partial charge in [0.05, 0.1) is 30.8 Å². The van der Waals surface area contributed by atoms with Crippen LogP contribution < -0.4 is 4.74 Å². The number of ether oxygens (including phenoxy) is 2. The van der Waals surface area contributed by atoms with Gasteiger partial charge < -0.3 is 14.4 Å². The molecule has 110 valence electrons. The second-order valence-electron chi connectivity index (χ2n) is 4.20. The Morgan fingerprint density at radius 2 is 2.00 bits per heavy atom. The van der Waals surface area contributed by atoms with Crippen molar-refractivity contribution in [3.05, 3.63) is 23.8 Å². The van der Waals surface area contributed by atoms with Gasteiger partial charge >= 0.3 is 0 Å². The van der Waals surface area contributed by atoms with Crippen molar-refractivity contribution >= 4 is 25.6 Å². The topological polar surface area (TPSA) is 72.9 Å². The minimum absolute atomic E-state index is 0.128. The molecule has 20 heavy (non-hydrogen) atoms. The number of methoxy groups -OCH3 is 1. The van der Waals surface area contributed by atoms with Gasteiger partial charge in [-0.3, -0.25) is 4.79 Å². The number of benzene rings is 1. The van der Waals surface area contributed by atoms with Gasteiger partial charge in [-0.2, -0.15) is 0 Å². The molecular weight excluding hydrogens is 306 g/mol. The van der Waals surface area contributed by atoms with Gasteiger partial charge in [0.25, 0.3) is 15.0 Å². The molecule has 1 aromatic rings. The molecule has 0 aliphatic carbocycles. The van der Waals surface area contributed by atoms with Crippen molar-refractivity contribution in [2.75, 3.05) is 33.4 Å². The number of hydrogen-bond donors (Lipinski definition) is 0. The molecule has 1 fully saturated rings. The smallest absolute Gasteiger partial charge is 0.261 e. The van der Waals surface area contributed by atoms with E-state index in [0.717, 1.165) is 0 Å². The Morgan fingerprint density at radius 3 is 2.55 bits per heavy atom. The van der Waals surface area contributed by atoms with Crippen LogP contribution in [0.15, 0.2) is 23.1 Å². The second-order valence-corrected chi connectivity index (χ2v) is 6.77. The predicted molar refractivity (Wildman–Crippen MR) is 72.8 cm³/mol. The Morgan fingerprint density at radius 1 is 1.35 bits per heavy atom. The van der Waals surface area contributed by atoms with Crippen molar-refractivity contribution in [1.29, 1.82) is 0 Å². The van der Waals surface area contributed by atoms with E-state index in [1.54, 1.807) is 4.90 Å². The van der Waals surface area contributed by atoms with Crippen molar-refractivity contribution in [3.8, 4) is 5.75 Å². The third-order valence-electron chi connectivity index (χ3n) is 2.98. The molecule has 2 rings (SSSR count). The van der Waals surface area contributed by atoms with E-state index in [1.807, 2.05) is 0 Å². The number of halogens is 1. The summed E-state index contributed by atoms with van der Waals surface area (Å²) in [6, 6.07) is 3.96. The third kappa shape index (κ3) is 3.23. The van der Waals surface area contributed by atoms with Crippen LogP contribution in [-0.4, -0.2) is 52.6 Å². The highest BCUT2D eigenvalue weighted by Gasteiger charge is 2.23. The number of hydrogen-bond acceptors (Lipinski definition) is 5. The highest BCUT2D eigenvalue weighted by molar-refractivity contribution is 8.13. The van der Waals surface area contributed by atoms with Crippen molar-refractivity contribution in [1.82, 2.24) is 4.90 Å². The van der Waals surface area contributed by atoms with Gasteiger partial charge in [-0.05, 0) is 18.2 Å². The van der Waals surface area contributed by atoms with Crippen molar-refractivity contribution < 1.29 is 22.7 Å². The van der Waals surface area contributed by atoms with Crippen LogP contribution in [0.1, 0.15) is 10.4 Å². The second kappa shape index (κ2) is 5.99. The maximum atomic E-state index is 12.4. The van der Waals surface area contributed by atoms with Gasteiger partial charge in [0.2, 0.25) is 0 Å². The number of amides is 1. The van der Waals surface area contributed by atoms with Crippen LogP contribution in [0, 0.1) is 0 Å². The lowest BCUT2D eigenvalue weighted by atomic mass is 10.1. The summed E-state index contributed by atoms with van der Waals surface area (Å²) in [5.74, 6) is 0.0119. The summed E-state index contributed by atoms with van der Waals surface area (Å²) in [5, 5.41) is 0. The molecule has 0 radical (unpaired) electrons. The normalized spacial score (nSPS) is 16.0. The number of morpholine rings is 1. The molecule has 0 bridgehead atoms. The van der Waals surface area contributed by atoms with Crippen LogP contribution in [0.25, 0.3) is 0 Å². The van der Waals surface area contributed by atoms with Gasteiger partial charge in [0.15, 0.2) is 0 Å². The lowest BCUT2D eigenvalue weighted by Crippen LogP contribution is -2.40. The maximum absolute atomic E-state index is 12.4. The van der Waals surface area contributed by atoms with E-state index in [0.29, 0.717) is 32.1 Å². The molecule has 1 saturated heterocycles. The molecule has 1 aromatic carbocycles. The van der Waals surface area contributed by atoms with Gasteiger partial charge in [-0.15, -0.1) is 0 Å². The van der Waals surface area contributed by atoms with Gasteiger partial charge in [-0.25, -0.2) is 8.42 Å². The number of carbonyl (C=O) groups excluding carboxylic acids is 1. The molecule has 1 amide bonds. The first-order valence-electron chi connectivity index (χ1n) is 5.93. The molecule has 1 aliphatic heterocycles. The lowest BCUT2D eigenvalue weighted by molar-refractivity contribution is 0.0300. The minimum Gasteiger partial charge on any atom is -0.496 e. The summed E-state index contributed by atoms with van der Waals surface area (Å²) in [6.45, 7) is 1.84. The number of rotatable bonds is 3. The van der Waals surface area contributed by atoms with E-state index >= 15 is 0 Å². The molecule has 0 N–H and O–H groups in total. The predicted octanol–water partition coefficient (Wildman–Crippen LogP) is 1.10. The highest BCUT2D eigenvalue weighted by Crippen LogP contribution is 2.26. The van der Waals surface area contributed by atoms with E-state index in [-0.39, 0.29) is 16.4 Å². The fourth-order valence-electron chi connectivity index (χ4n) is 1.94. The Labute approximate surface area is 121 Å². The summed E-state index contributed by atoms with van der Waals surface area (Å²) in [5.41, 5.74) is 0.177. The van der Waals surface area contributed by atoms with Crippen molar-refractivity contribution in [3.63, 3.8) is 0 Å². The van der Waals surface area contributed by atoms with Crippen LogP contribution in [0.2, 0.25) is 0 Å². The molecule has 0 atom stereocenters. The monoisotopic (exact) mass is 319 g/mol. The SMILES string of the molecule is COc1ccc(S(=O)(=O)Cl)cc1C(=O)N1CCOCC1. The van der Waals surface area contributed by atoms with Gasteiger partial charge in [0.1, 0.15) is 5.75 Å². The number of nitrogens with zero attached hydrogens (tertiary/aromatic N) is 1. The van der Waals surface area contributed by atoms with Crippen LogP contribution >= 0.6 is 10.7 Å². The van der Waals surface area contributed by atoms with Crippen LogP contribution in [0.5, 0.6) is 5.75 Å². The van der Waals surface area contributed by atoms with Gasteiger partial charge in [-0.1, -0.05) is 0 Å². The molecule has 1 heterocycles. The summed E-state index contributed by atoms with van der Waals surface area (Å²) in [6.07, 6.45) is 0. The minimum atomic E-state index is -3.89. The first-order chi connectivity index (χ1) is 9.43. The summed E-state index contributed by atoms with van der Waals surface area (Å²) >= 11 is 0. The van der Waals surface area contributed by atoms with E-state index in [2.05, 4.69) is 0 Å². The van der Waals surface area contributed by atoms with E-state index < -0.39 is 9.05 Å². The first-order valence-corrected chi connectivity index (χ1v) is 8.24. The zero-order valence-corrected chi connectivity index (χ0v) is 12.4. The fraction of sp³-hybridized carbons (Fsp3) is 0.417.